The zero-order chi connectivity index (χ0) is 28.9. The number of carbonyl (C=O) groups excluding carboxylic acids is 1. The van der Waals surface area contributed by atoms with Gasteiger partial charge in [-0.05, 0) is 97.1 Å². The Bertz CT molecular complexity index is 1410. The summed E-state index contributed by atoms with van der Waals surface area (Å²) in [4.78, 5) is 14.5. The fourth-order valence-electron chi connectivity index (χ4n) is 7.37. The first-order valence-electron chi connectivity index (χ1n) is 13.7. The van der Waals surface area contributed by atoms with E-state index in [1.165, 1.54) is 0 Å². The number of halogens is 2. The van der Waals surface area contributed by atoms with Gasteiger partial charge in [-0.1, -0.05) is 54.6 Å². The number of hydrogen-bond acceptors (Lipinski definition) is 6. The smallest absolute Gasteiger partial charge is 0.403 e. The first kappa shape index (κ1) is 28.3. The fourth-order valence-corrected chi connectivity index (χ4v) is 12.4. The van der Waals surface area contributed by atoms with Crippen LogP contribution in [-0.2, 0) is 23.3 Å². The van der Waals surface area contributed by atoms with E-state index in [0.29, 0.717) is 40.4 Å². The molecule has 3 aromatic carbocycles. The van der Waals surface area contributed by atoms with Gasteiger partial charge in [-0.2, -0.15) is 17.2 Å². The second-order valence-corrected chi connectivity index (χ2v) is 16.3. The summed E-state index contributed by atoms with van der Waals surface area (Å²) in [6, 6.07) is 25.3. The van der Waals surface area contributed by atoms with Gasteiger partial charge in [0, 0.05) is 14.7 Å². The highest BCUT2D eigenvalue weighted by Gasteiger charge is 2.62. The fraction of sp³-hybridized carbons (Fsp3) is 0.387. The summed E-state index contributed by atoms with van der Waals surface area (Å²) in [6.45, 7) is -1.67. The molecule has 10 heteroatoms. The van der Waals surface area contributed by atoms with Gasteiger partial charge in [0.05, 0.1) is 11.0 Å². The Labute approximate surface area is 240 Å². The molecule has 0 saturated heterocycles. The van der Waals surface area contributed by atoms with Crippen LogP contribution in [0.15, 0.2) is 106 Å². The summed E-state index contributed by atoms with van der Waals surface area (Å²) in [5, 5.41) is 6.43. The lowest BCUT2D eigenvalue weighted by Gasteiger charge is -2.58. The van der Waals surface area contributed by atoms with Crippen molar-refractivity contribution in [2.24, 2.45) is 17.3 Å². The Hall–Kier alpha value is -2.79. The van der Waals surface area contributed by atoms with Crippen molar-refractivity contribution in [1.29, 1.82) is 0 Å². The number of carbonyl (C=O) groups is 1. The molecular weight excluding hydrogens is 570 g/mol. The molecular formula is C31H32F2O6S2. The molecule has 0 radical (unpaired) electrons. The highest BCUT2D eigenvalue weighted by molar-refractivity contribution is 8.33. The molecule has 2 unspecified atom stereocenters. The Balaban J connectivity index is 1.32. The summed E-state index contributed by atoms with van der Waals surface area (Å²) in [7, 11) is -8.85. The normalized spacial score (nSPS) is 27.9. The molecule has 4 saturated carbocycles. The SMILES string of the molecule is O=C(OCC(F)(F)S(=O)(=O)OS(c1ccccc1)(c1ccccc1)c1ccccc1)C12CC3CC(CC(O)(C3)C1)C2. The molecule has 41 heavy (non-hydrogen) atoms. The minimum atomic E-state index is -5.65. The number of aliphatic hydroxyl groups is 1. The van der Waals surface area contributed by atoms with Gasteiger partial charge in [-0.3, -0.25) is 4.79 Å². The lowest BCUT2D eigenvalue weighted by molar-refractivity contribution is -0.199. The molecule has 218 valence electrons. The van der Waals surface area contributed by atoms with Crippen LogP contribution in [0.4, 0.5) is 8.78 Å². The number of ether oxygens (including phenoxy) is 1. The third-order valence-corrected chi connectivity index (χ3v) is 13.8. The van der Waals surface area contributed by atoms with E-state index in [0.717, 1.165) is 6.42 Å². The molecule has 4 aliphatic rings. The van der Waals surface area contributed by atoms with Gasteiger partial charge >= 0.3 is 21.3 Å². The number of rotatable bonds is 9. The molecule has 0 spiro atoms. The summed E-state index contributed by atoms with van der Waals surface area (Å²) in [5.41, 5.74) is -2.06. The van der Waals surface area contributed by atoms with Crippen LogP contribution in [0.3, 0.4) is 0 Å². The third-order valence-electron chi connectivity index (χ3n) is 8.62. The van der Waals surface area contributed by atoms with Crippen molar-refractivity contribution in [3.63, 3.8) is 0 Å². The standard InChI is InChI=1S/C31H32F2O6S2/c32-31(33,22-38-28(34)29-17-23-16-24(18-29)20-30(35,19-23)21-29)41(36,37)39-40(25-10-4-1-5-11-25,26-12-6-2-7-13-26)27-14-8-3-9-15-27/h1-15,23-24,35H,16-22H2. The molecule has 2 atom stereocenters. The lowest BCUT2D eigenvalue weighted by atomic mass is 9.48. The van der Waals surface area contributed by atoms with Crippen molar-refractivity contribution in [2.45, 2.75) is 64.1 Å². The molecule has 4 fully saturated rings. The Morgan fingerprint density at radius 1 is 0.805 bits per heavy atom. The van der Waals surface area contributed by atoms with Gasteiger partial charge in [0.2, 0.25) is 0 Å². The first-order chi connectivity index (χ1) is 19.5. The quantitative estimate of drug-likeness (QED) is 0.274. The van der Waals surface area contributed by atoms with E-state index < -0.39 is 49.3 Å². The van der Waals surface area contributed by atoms with Crippen molar-refractivity contribution in [2.75, 3.05) is 6.61 Å². The Morgan fingerprint density at radius 2 is 1.24 bits per heavy atom. The maximum atomic E-state index is 15.7. The zero-order valence-corrected chi connectivity index (χ0v) is 24.0. The molecule has 4 bridgehead atoms. The van der Waals surface area contributed by atoms with Crippen molar-refractivity contribution in [3.05, 3.63) is 91.0 Å². The maximum Gasteiger partial charge on any atom is 0.403 e. The minimum Gasteiger partial charge on any atom is -0.458 e. The second kappa shape index (κ2) is 10.2. The maximum absolute atomic E-state index is 15.7. The molecule has 0 heterocycles. The van der Waals surface area contributed by atoms with Crippen molar-refractivity contribution < 1.29 is 35.5 Å². The van der Waals surface area contributed by atoms with Gasteiger partial charge in [-0.15, -0.1) is 0 Å². The molecule has 1 N–H and O–H groups in total. The number of hydrogen-bond donors (Lipinski definition) is 1. The van der Waals surface area contributed by atoms with E-state index in [4.69, 9.17) is 8.37 Å². The number of esters is 1. The van der Waals surface area contributed by atoms with Crippen LogP contribution in [-0.4, -0.2) is 37.0 Å². The van der Waals surface area contributed by atoms with E-state index in [9.17, 15) is 18.3 Å². The largest absolute Gasteiger partial charge is 0.458 e. The summed E-state index contributed by atoms with van der Waals surface area (Å²) < 4.78 is 69.2. The third kappa shape index (κ3) is 4.98. The topological polar surface area (TPSA) is 89.9 Å². The van der Waals surface area contributed by atoms with Crippen molar-refractivity contribution >= 4 is 26.4 Å². The lowest BCUT2D eigenvalue weighted by Crippen LogP contribution is -2.58. The molecule has 0 aromatic heterocycles. The molecule has 0 aliphatic heterocycles. The van der Waals surface area contributed by atoms with E-state index >= 15 is 8.78 Å². The predicted molar refractivity (Wildman–Crippen MR) is 150 cm³/mol. The highest BCUT2D eigenvalue weighted by Crippen LogP contribution is 2.70. The van der Waals surface area contributed by atoms with Gasteiger partial charge in [-0.25, -0.2) is 3.63 Å². The van der Waals surface area contributed by atoms with Crippen LogP contribution in [0.2, 0.25) is 0 Å². The zero-order valence-electron chi connectivity index (χ0n) is 22.3. The predicted octanol–water partition coefficient (Wildman–Crippen LogP) is 6.70. The van der Waals surface area contributed by atoms with E-state index in [1.807, 2.05) is 0 Å². The molecule has 4 aliphatic carbocycles. The van der Waals surface area contributed by atoms with E-state index in [-0.39, 0.29) is 18.3 Å². The van der Waals surface area contributed by atoms with Gasteiger partial charge in [0.25, 0.3) is 0 Å². The van der Waals surface area contributed by atoms with Crippen LogP contribution in [0.5, 0.6) is 0 Å². The molecule has 0 amide bonds. The highest BCUT2D eigenvalue weighted by atomic mass is 32.3. The van der Waals surface area contributed by atoms with Crippen LogP contribution >= 0.6 is 10.3 Å². The van der Waals surface area contributed by atoms with E-state index in [1.54, 1.807) is 91.0 Å². The van der Waals surface area contributed by atoms with E-state index in [2.05, 4.69) is 0 Å². The summed E-state index contributed by atoms with van der Waals surface area (Å²) in [5.74, 6) is -0.603. The molecule has 3 aromatic rings. The van der Waals surface area contributed by atoms with Gasteiger partial charge in [0.1, 0.15) is 0 Å². The van der Waals surface area contributed by atoms with Crippen molar-refractivity contribution in [1.82, 2.24) is 0 Å². The average Bonchev–Trinajstić information content (AvgIpc) is 2.94. The summed E-state index contributed by atoms with van der Waals surface area (Å²) >= 11 is 0. The summed E-state index contributed by atoms with van der Waals surface area (Å²) in [6.07, 6.45) is 3.18. The Kier molecular flexibility index (Phi) is 7.04. The molecule has 7 rings (SSSR count). The number of alkyl halides is 2. The van der Waals surface area contributed by atoms with Crippen LogP contribution in [0.1, 0.15) is 38.5 Å². The first-order valence-corrected chi connectivity index (χ1v) is 16.7. The Morgan fingerprint density at radius 3 is 1.66 bits per heavy atom. The second-order valence-electron chi connectivity index (χ2n) is 11.7. The average molecular weight is 603 g/mol. The van der Waals surface area contributed by atoms with Gasteiger partial charge < -0.3 is 9.84 Å². The monoisotopic (exact) mass is 602 g/mol. The minimum absolute atomic E-state index is 0.133. The van der Waals surface area contributed by atoms with Crippen molar-refractivity contribution in [3.8, 4) is 0 Å². The number of benzene rings is 3. The van der Waals surface area contributed by atoms with Gasteiger partial charge in [0.15, 0.2) is 6.61 Å². The van der Waals surface area contributed by atoms with Crippen LogP contribution in [0, 0.1) is 17.3 Å². The van der Waals surface area contributed by atoms with Crippen LogP contribution < -0.4 is 0 Å². The molecule has 6 nitrogen and oxygen atoms in total. The van der Waals surface area contributed by atoms with Crippen LogP contribution in [0.25, 0.3) is 0 Å².